The van der Waals surface area contributed by atoms with Crippen molar-refractivity contribution in [2.75, 3.05) is 36.8 Å². The number of nitrogens with two attached hydrogens (primary N) is 1. The highest BCUT2D eigenvalue weighted by Gasteiger charge is 2.28. The number of benzene rings is 1. The number of likely N-dealkylation sites (tertiary alicyclic amines) is 1. The maximum atomic E-state index is 6.13. The molecule has 2 aliphatic heterocycles. The Bertz CT molecular complexity index is 665. The highest BCUT2D eigenvalue weighted by molar-refractivity contribution is 5.88. The van der Waals surface area contributed by atoms with Gasteiger partial charge in [-0.2, -0.15) is 4.98 Å². The van der Waals surface area contributed by atoms with Crippen LogP contribution in [0, 0.1) is 0 Å². The second-order valence-corrected chi connectivity index (χ2v) is 6.41. The van der Waals surface area contributed by atoms with Gasteiger partial charge >= 0.3 is 0 Å². The predicted octanol–water partition coefficient (Wildman–Crippen LogP) is 2.28. The molecule has 22 heavy (non-hydrogen) atoms. The number of para-hydroxylation sites is 1. The maximum Gasteiger partial charge on any atom is 0.227 e. The van der Waals surface area contributed by atoms with Gasteiger partial charge in [-0.05, 0) is 50.9 Å². The largest absolute Gasteiger partial charge is 0.383 e. The summed E-state index contributed by atoms with van der Waals surface area (Å²) in [6.45, 7) is 4.55. The molecule has 2 saturated heterocycles. The van der Waals surface area contributed by atoms with Gasteiger partial charge in [0.15, 0.2) is 0 Å². The molecule has 0 saturated carbocycles. The third-order valence-corrected chi connectivity index (χ3v) is 4.96. The zero-order valence-electron chi connectivity index (χ0n) is 12.9. The van der Waals surface area contributed by atoms with Crippen LogP contribution in [0.15, 0.2) is 24.3 Å². The van der Waals surface area contributed by atoms with Gasteiger partial charge in [0.1, 0.15) is 5.82 Å². The molecule has 2 aliphatic rings. The van der Waals surface area contributed by atoms with Crippen LogP contribution in [0.2, 0.25) is 0 Å². The molecular formula is C17H23N5. The molecule has 0 radical (unpaired) electrons. The summed E-state index contributed by atoms with van der Waals surface area (Å²) in [5, 5.41) is 0.944. The van der Waals surface area contributed by atoms with E-state index in [0.29, 0.717) is 11.9 Å². The van der Waals surface area contributed by atoms with Crippen molar-refractivity contribution in [3.05, 3.63) is 24.3 Å². The standard InChI is InChI=1S/C17H23N5/c18-16-14-7-1-2-8-15(14)19-17(20-16)22-11-5-6-13(12-22)21-9-3-4-10-21/h1-2,7-8,13H,3-6,9-12H2,(H2,18,19,20). The lowest BCUT2D eigenvalue weighted by atomic mass is 10.0. The van der Waals surface area contributed by atoms with E-state index in [9.17, 15) is 0 Å². The Morgan fingerprint density at radius 2 is 1.82 bits per heavy atom. The fourth-order valence-corrected chi connectivity index (χ4v) is 3.77. The third-order valence-electron chi connectivity index (χ3n) is 4.96. The van der Waals surface area contributed by atoms with E-state index in [1.165, 1.54) is 38.8 Å². The molecule has 1 aromatic heterocycles. The zero-order valence-corrected chi connectivity index (χ0v) is 12.9. The summed E-state index contributed by atoms with van der Waals surface area (Å²) < 4.78 is 0. The van der Waals surface area contributed by atoms with Gasteiger partial charge in [-0.15, -0.1) is 0 Å². The molecule has 0 amide bonds. The minimum absolute atomic E-state index is 0.587. The molecule has 0 bridgehead atoms. The van der Waals surface area contributed by atoms with Gasteiger partial charge in [-0.1, -0.05) is 12.1 Å². The van der Waals surface area contributed by atoms with Crippen LogP contribution in [0.4, 0.5) is 11.8 Å². The van der Waals surface area contributed by atoms with E-state index in [-0.39, 0.29) is 0 Å². The Morgan fingerprint density at radius 3 is 2.68 bits per heavy atom. The zero-order chi connectivity index (χ0) is 14.9. The number of hydrogen-bond donors (Lipinski definition) is 1. The molecule has 1 unspecified atom stereocenters. The molecule has 5 heteroatoms. The van der Waals surface area contributed by atoms with Crippen molar-refractivity contribution < 1.29 is 0 Å². The molecule has 116 valence electrons. The minimum atomic E-state index is 0.587. The molecule has 3 heterocycles. The normalized spacial score (nSPS) is 23.3. The Morgan fingerprint density at radius 1 is 1.00 bits per heavy atom. The van der Waals surface area contributed by atoms with Gasteiger partial charge in [0.2, 0.25) is 5.95 Å². The van der Waals surface area contributed by atoms with Crippen LogP contribution in [0.5, 0.6) is 0 Å². The Balaban J connectivity index is 1.60. The SMILES string of the molecule is Nc1nc(N2CCCC(N3CCCC3)C2)nc2ccccc12. The van der Waals surface area contributed by atoms with E-state index in [4.69, 9.17) is 10.7 Å². The Labute approximate surface area is 131 Å². The van der Waals surface area contributed by atoms with Crippen molar-refractivity contribution in [1.82, 2.24) is 14.9 Å². The second kappa shape index (κ2) is 5.72. The van der Waals surface area contributed by atoms with Crippen molar-refractivity contribution in [2.45, 2.75) is 31.7 Å². The highest BCUT2D eigenvalue weighted by atomic mass is 15.3. The molecule has 2 fully saturated rings. The van der Waals surface area contributed by atoms with Crippen LogP contribution in [-0.4, -0.2) is 47.1 Å². The third kappa shape index (κ3) is 2.50. The number of piperidine rings is 1. The predicted molar refractivity (Wildman–Crippen MR) is 90.0 cm³/mol. The smallest absolute Gasteiger partial charge is 0.227 e. The monoisotopic (exact) mass is 297 g/mol. The summed E-state index contributed by atoms with van der Waals surface area (Å²) >= 11 is 0. The molecule has 2 aromatic rings. The van der Waals surface area contributed by atoms with Crippen LogP contribution < -0.4 is 10.6 Å². The van der Waals surface area contributed by atoms with Crippen molar-refractivity contribution in [3.63, 3.8) is 0 Å². The summed E-state index contributed by atoms with van der Waals surface area (Å²) in [4.78, 5) is 14.2. The summed E-state index contributed by atoms with van der Waals surface area (Å²) in [6, 6.07) is 8.62. The lowest BCUT2D eigenvalue weighted by Crippen LogP contribution is -2.47. The average Bonchev–Trinajstić information content (AvgIpc) is 3.09. The van der Waals surface area contributed by atoms with Crippen molar-refractivity contribution >= 4 is 22.7 Å². The highest BCUT2D eigenvalue weighted by Crippen LogP contribution is 2.25. The summed E-state index contributed by atoms with van der Waals surface area (Å²) in [7, 11) is 0. The van der Waals surface area contributed by atoms with E-state index in [1.54, 1.807) is 0 Å². The van der Waals surface area contributed by atoms with Crippen LogP contribution in [0.1, 0.15) is 25.7 Å². The number of anilines is 2. The Hall–Kier alpha value is -1.88. The fraction of sp³-hybridized carbons (Fsp3) is 0.529. The van der Waals surface area contributed by atoms with Gasteiger partial charge in [-0.25, -0.2) is 4.98 Å². The van der Waals surface area contributed by atoms with E-state index in [2.05, 4.69) is 14.8 Å². The summed E-state index contributed by atoms with van der Waals surface area (Å²) in [5.41, 5.74) is 7.07. The van der Waals surface area contributed by atoms with E-state index in [0.717, 1.165) is 29.9 Å². The molecule has 5 nitrogen and oxygen atoms in total. The first-order valence-corrected chi connectivity index (χ1v) is 8.32. The number of nitrogen functional groups attached to an aromatic ring is 1. The lowest BCUT2D eigenvalue weighted by Gasteiger charge is -2.37. The molecule has 2 N–H and O–H groups in total. The first-order chi connectivity index (χ1) is 10.8. The molecule has 0 aliphatic carbocycles. The number of aromatic nitrogens is 2. The molecule has 1 atom stereocenters. The molecule has 4 rings (SSSR count). The van der Waals surface area contributed by atoms with Gasteiger partial charge in [0.25, 0.3) is 0 Å². The van der Waals surface area contributed by atoms with E-state index >= 15 is 0 Å². The number of rotatable bonds is 2. The van der Waals surface area contributed by atoms with E-state index < -0.39 is 0 Å². The van der Waals surface area contributed by atoms with Crippen molar-refractivity contribution in [3.8, 4) is 0 Å². The molecule has 0 spiro atoms. The number of hydrogen-bond acceptors (Lipinski definition) is 5. The van der Waals surface area contributed by atoms with Gasteiger partial charge in [0, 0.05) is 24.5 Å². The van der Waals surface area contributed by atoms with Crippen LogP contribution in [0.3, 0.4) is 0 Å². The quantitative estimate of drug-likeness (QED) is 0.921. The Kier molecular flexibility index (Phi) is 3.58. The van der Waals surface area contributed by atoms with Crippen molar-refractivity contribution in [1.29, 1.82) is 0 Å². The van der Waals surface area contributed by atoms with Gasteiger partial charge < -0.3 is 10.6 Å². The van der Waals surface area contributed by atoms with Crippen LogP contribution >= 0.6 is 0 Å². The average molecular weight is 297 g/mol. The van der Waals surface area contributed by atoms with Crippen LogP contribution in [-0.2, 0) is 0 Å². The van der Waals surface area contributed by atoms with Gasteiger partial charge in [-0.3, -0.25) is 4.90 Å². The maximum absolute atomic E-state index is 6.13. The lowest BCUT2D eigenvalue weighted by molar-refractivity contribution is 0.215. The summed E-state index contributed by atoms with van der Waals surface area (Å²) in [5.74, 6) is 1.38. The first kappa shape index (κ1) is 13.8. The second-order valence-electron chi connectivity index (χ2n) is 6.41. The van der Waals surface area contributed by atoms with E-state index in [1.807, 2.05) is 24.3 Å². The van der Waals surface area contributed by atoms with Gasteiger partial charge in [0.05, 0.1) is 5.52 Å². The van der Waals surface area contributed by atoms with Crippen LogP contribution in [0.25, 0.3) is 10.9 Å². The molecule has 1 aromatic carbocycles. The van der Waals surface area contributed by atoms with Crippen molar-refractivity contribution in [2.24, 2.45) is 0 Å². The first-order valence-electron chi connectivity index (χ1n) is 8.32. The fourth-order valence-electron chi connectivity index (χ4n) is 3.77. The topological polar surface area (TPSA) is 58.3 Å². The number of fused-ring (bicyclic) bond motifs is 1. The molecular weight excluding hydrogens is 274 g/mol. The summed E-state index contributed by atoms with van der Waals surface area (Å²) in [6.07, 6.45) is 5.18. The number of nitrogens with zero attached hydrogens (tertiary/aromatic N) is 4. The minimum Gasteiger partial charge on any atom is -0.383 e.